The van der Waals surface area contributed by atoms with Crippen LogP contribution in [0.15, 0.2) is 22.7 Å². The van der Waals surface area contributed by atoms with Gasteiger partial charge in [0.2, 0.25) is 0 Å². The lowest BCUT2D eigenvalue weighted by Crippen LogP contribution is -2.46. The molecule has 1 N–H and O–H groups in total. The average molecular weight is 331 g/mol. The number of nitrogens with zero attached hydrogens (tertiary/aromatic N) is 1. The average Bonchev–Trinajstić information content (AvgIpc) is 2.39. The Morgan fingerprint density at radius 1 is 1.63 bits per heavy atom. The second-order valence-electron chi connectivity index (χ2n) is 4.59. The van der Waals surface area contributed by atoms with E-state index in [1.54, 1.807) is 6.07 Å². The van der Waals surface area contributed by atoms with E-state index < -0.39 is 11.7 Å². The van der Waals surface area contributed by atoms with Crippen molar-refractivity contribution in [3.8, 4) is 0 Å². The van der Waals surface area contributed by atoms with Crippen LogP contribution < -0.4 is 5.32 Å². The number of ether oxygens (including phenoxy) is 1. The highest BCUT2D eigenvalue weighted by molar-refractivity contribution is 9.10. The highest BCUT2D eigenvalue weighted by Crippen LogP contribution is 2.15. The van der Waals surface area contributed by atoms with E-state index >= 15 is 0 Å². The molecule has 0 aliphatic carbocycles. The van der Waals surface area contributed by atoms with Gasteiger partial charge < -0.3 is 15.0 Å². The van der Waals surface area contributed by atoms with Crippen LogP contribution in [0.3, 0.4) is 0 Å². The fourth-order valence-corrected chi connectivity index (χ4v) is 2.32. The molecule has 1 fully saturated rings. The molecule has 104 valence electrons. The van der Waals surface area contributed by atoms with Gasteiger partial charge in [-0.25, -0.2) is 4.39 Å². The molecule has 2 rings (SSSR count). The minimum atomic E-state index is -0.526. The second-order valence-corrected chi connectivity index (χ2v) is 5.50. The molecule has 1 aliphatic rings. The first-order valence-corrected chi connectivity index (χ1v) is 6.89. The maximum atomic E-state index is 13.5. The molecule has 0 aromatic heterocycles. The van der Waals surface area contributed by atoms with E-state index in [1.165, 1.54) is 12.1 Å². The summed E-state index contributed by atoms with van der Waals surface area (Å²) in [5.74, 6) is -0.946. The minimum Gasteiger partial charge on any atom is -0.374 e. The molecular formula is C13H16BrFN2O2. The predicted octanol–water partition coefficient (Wildman–Crippen LogP) is 1.65. The first kappa shape index (κ1) is 14.4. The summed E-state index contributed by atoms with van der Waals surface area (Å²) in [6.45, 7) is 2.70. The lowest BCUT2D eigenvalue weighted by Gasteiger charge is -2.30. The number of likely N-dealkylation sites (N-methyl/N-ethyl adjacent to an activating group) is 1. The molecule has 1 aliphatic heterocycles. The molecule has 19 heavy (non-hydrogen) atoms. The number of hydrogen-bond donors (Lipinski definition) is 1. The number of morpholine rings is 1. The monoisotopic (exact) mass is 330 g/mol. The fourth-order valence-electron chi connectivity index (χ4n) is 1.96. The molecule has 1 aromatic rings. The lowest BCUT2D eigenvalue weighted by atomic mass is 10.2. The molecule has 1 heterocycles. The third-order valence-corrected chi connectivity index (χ3v) is 3.50. The molecular weight excluding hydrogens is 315 g/mol. The van der Waals surface area contributed by atoms with Gasteiger partial charge in [0.25, 0.3) is 5.91 Å². The van der Waals surface area contributed by atoms with Crippen LogP contribution in [-0.2, 0) is 4.74 Å². The first-order chi connectivity index (χ1) is 9.06. The third-order valence-electron chi connectivity index (χ3n) is 3.01. The Kier molecular flexibility index (Phi) is 4.90. The molecule has 1 unspecified atom stereocenters. The smallest absolute Gasteiger partial charge is 0.254 e. The highest BCUT2D eigenvalue weighted by atomic mass is 79.9. The van der Waals surface area contributed by atoms with Crippen molar-refractivity contribution in [1.29, 1.82) is 0 Å². The molecule has 1 atom stereocenters. The van der Waals surface area contributed by atoms with E-state index in [1.807, 2.05) is 7.05 Å². The topological polar surface area (TPSA) is 41.6 Å². The van der Waals surface area contributed by atoms with Crippen LogP contribution >= 0.6 is 15.9 Å². The van der Waals surface area contributed by atoms with E-state index in [0.29, 0.717) is 17.6 Å². The van der Waals surface area contributed by atoms with Crippen LogP contribution in [0, 0.1) is 5.82 Å². The standard InChI is InChI=1S/C13H16BrFN2O2/c1-17-4-5-19-10(8-17)7-16-13(18)11-6-9(14)2-3-12(11)15/h2-3,6,10H,4-5,7-8H2,1H3,(H,16,18). The summed E-state index contributed by atoms with van der Waals surface area (Å²) in [6, 6.07) is 4.30. The van der Waals surface area contributed by atoms with Crippen molar-refractivity contribution in [2.45, 2.75) is 6.10 Å². The van der Waals surface area contributed by atoms with Gasteiger partial charge in [0.1, 0.15) is 5.82 Å². The van der Waals surface area contributed by atoms with Crippen LogP contribution in [0.4, 0.5) is 4.39 Å². The van der Waals surface area contributed by atoms with Crippen molar-refractivity contribution >= 4 is 21.8 Å². The summed E-state index contributed by atoms with van der Waals surface area (Å²) in [5, 5.41) is 2.71. The van der Waals surface area contributed by atoms with Gasteiger partial charge >= 0.3 is 0 Å². The zero-order valence-electron chi connectivity index (χ0n) is 10.7. The Balaban J connectivity index is 1.92. The van der Waals surface area contributed by atoms with Crippen LogP contribution in [0.1, 0.15) is 10.4 Å². The van der Waals surface area contributed by atoms with Crippen LogP contribution in [-0.4, -0.2) is 50.2 Å². The molecule has 1 amide bonds. The maximum absolute atomic E-state index is 13.5. The Morgan fingerprint density at radius 2 is 2.42 bits per heavy atom. The van der Waals surface area contributed by atoms with Crippen molar-refractivity contribution < 1.29 is 13.9 Å². The van der Waals surface area contributed by atoms with Crippen molar-refractivity contribution in [2.24, 2.45) is 0 Å². The number of carbonyl (C=O) groups is 1. The first-order valence-electron chi connectivity index (χ1n) is 6.09. The van der Waals surface area contributed by atoms with Crippen LogP contribution in [0.25, 0.3) is 0 Å². The molecule has 0 saturated carbocycles. The molecule has 0 bridgehead atoms. The zero-order chi connectivity index (χ0) is 13.8. The molecule has 0 spiro atoms. The van der Waals surface area contributed by atoms with Crippen LogP contribution in [0.5, 0.6) is 0 Å². The number of nitrogens with one attached hydrogen (secondary N) is 1. The van der Waals surface area contributed by atoms with E-state index in [0.717, 1.165) is 13.1 Å². The van der Waals surface area contributed by atoms with Gasteiger partial charge in [-0.2, -0.15) is 0 Å². The second kappa shape index (κ2) is 6.45. The van der Waals surface area contributed by atoms with E-state index in [4.69, 9.17) is 4.74 Å². The van der Waals surface area contributed by atoms with E-state index in [-0.39, 0.29) is 11.7 Å². The summed E-state index contributed by atoms with van der Waals surface area (Å²) in [6.07, 6.45) is -0.0436. The largest absolute Gasteiger partial charge is 0.374 e. The number of rotatable bonds is 3. The summed E-state index contributed by atoms with van der Waals surface area (Å²) in [5.41, 5.74) is 0.0403. The Morgan fingerprint density at radius 3 is 3.16 bits per heavy atom. The van der Waals surface area contributed by atoms with Gasteiger partial charge in [-0.05, 0) is 25.2 Å². The Bertz CT molecular complexity index is 470. The molecule has 4 nitrogen and oxygen atoms in total. The maximum Gasteiger partial charge on any atom is 0.254 e. The molecule has 0 radical (unpaired) electrons. The van der Waals surface area contributed by atoms with Crippen LogP contribution in [0.2, 0.25) is 0 Å². The van der Waals surface area contributed by atoms with E-state index in [2.05, 4.69) is 26.1 Å². The molecule has 6 heteroatoms. The lowest BCUT2D eigenvalue weighted by molar-refractivity contribution is -0.0175. The van der Waals surface area contributed by atoms with Gasteiger partial charge in [-0.3, -0.25) is 4.79 Å². The van der Waals surface area contributed by atoms with Crippen molar-refractivity contribution in [3.05, 3.63) is 34.1 Å². The van der Waals surface area contributed by atoms with Gasteiger partial charge in [-0.15, -0.1) is 0 Å². The quantitative estimate of drug-likeness (QED) is 0.916. The number of halogens is 2. The summed E-state index contributed by atoms with van der Waals surface area (Å²) < 4.78 is 19.7. The summed E-state index contributed by atoms with van der Waals surface area (Å²) in [7, 11) is 2.01. The number of hydrogen-bond acceptors (Lipinski definition) is 3. The fraction of sp³-hybridized carbons (Fsp3) is 0.462. The SMILES string of the molecule is CN1CCOC(CNC(=O)c2cc(Br)ccc2F)C1. The van der Waals surface area contributed by atoms with Crippen molar-refractivity contribution in [3.63, 3.8) is 0 Å². The molecule has 1 saturated heterocycles. The molecule has 1 aromatic carbocycles. The normalized spacial score (nSPS) is 20.3. The zero-order valence-corrected chi connectivity index (χ0v) is 12.2. The summed E-state index contributed by atoms with van der Waals surface area (Å²) in [4.78, 5) is 14.0. The summed E-state index contributed by atoms with van der Waals surface area (Å²) >= 11 is 3.22. The van der Waals surface area contributed by atoms with Gasteiger partial charge in [-0.1, -0.05) is 15.9 Å². The number of benzene rings is 1. The van der Waals surface area contributed by atoms with Gasteiger partial charge in [0.15, 0.2) is 0 Å². The third kappa shape index (κ3) is 3.99. The number of carbonyl (C=O) groups excluding carboxylic acids is 1. The van der Waals surface area contributed by atoms with Crippen molar-refractivity contribution in [1.82, 2.24) is 10.2 Å². The number of amides is 1. The minimum absolute atomic E-state index is 0.0403. The van der Waals surface area contributed by atoms with Gasteiger partial charge in [0.05, 0.1) is 18.3 Å². The predicted molar refractivity (Wildman–Crippen MR) is 73.7 cm³/mol. The Labute approximate surface area is 120 Å². The highest BCUT2D eigenvalue weighted by Gasteiger charge is 2.19. The Hall–Kier alpha value is -0.980. The van der Waals surface area contributed by atoms with E-state index in [9.17, 15) is 9.18 Å². The van der Waals surface area contributed by atoms with Crippen molar-refractivity contribution in [2.75, 3.05) is 33.3 Å². The van der Waals surface area contributed by atoms with Gasteiger partial charge in [0, 0.05) is 24.1 Å².